The first-order valence-electron chi connectivity index (χ1n) is 7.37. The zero-order chi connectivity index (χ0) is 13.2. The maximum Gasteiger partial charge on any atom is 0.0355 e. The van der Waals surface area contributed by atoms with Gasteiger partial charge in [-0.15, -0.1) is 0 Å². The molecule has 0 bridgehead atoms. The van der Waals surface area contributed by atoms with Gasteiger partial charge in [0.2, 0.25) is 0 Å². The van der Waals surface area contributed by atoms with Crippen molar-refractivity contribution in [2.24, 2.45) is 5.73 Å². The van der Waals surface area contributed by atoms with Crippen molar-refractivity contribution in [2.45, 2.75) is 37.3 Å². The van der Waals surface area contributed by atoms with Crippen LogP contribution in [-0.4, -0.2) is 80.1 Å². The molecule has 2 aliphatic rings. The van der Waals surface area contributed by atoms with E-state index in [0.29, 0.717) is 0 Å². The maximum absolute atomic E-state index is 6.15. The molecule has 0 atom stereocenters. The van der Waals surface area contributed by atoms with Crippen molar-refractivity contribution in [3.05, 3.63) is 0 Å². The van der Waals surface area contributed by atoms with Gasteiger partial charge in [0.25, 0.3) is 0 Å². The van der Waals surface area contributed by atoms with Crippen molar-refractivity contribution in [3.63, 3.8) is 0 Å². The number of rotatable bonds is 3. The number of likely N-dealkylation sites (N-methyl/N-ethyl adjacent to an activating group) is 1. The summed E-state index contributed by atoms with van der Waals surface area (Å²) >= 11 is 0. The third-order valence-corrected chi connectivity index (χ3v) is 5.28. The lowest BCUT2D eigenvalue weighted by Crippen LogP contribution is -2.61. The minimum atomic E-state index is 0.257. The van der Waals surface area contributed by atoms with Gasteiger partial charge in [0.15, 0.2) is 0 Å². The lowest BCUT2D eigenvalue weighted by Gasteiger charge is -2.50. The van der Waals surface area contributed by atoms with Crippen LogP contribution in [0.3, 0.4) is 0 Å². The van der Waals surface area contributed by atoms with Crippen LogP contribution in [0.4, 0.5) is 0 Å². The van der Waals surface area contributed by atoms with Crippen molar-refractivity contribution in [1.29, 1.82) is 0 Å². The smallest absolute Gasteiger partial charge is 0.0355 e. The van der Waals surface area contributed by atoms with E-state index in [1.807, 2.05) is 0 Å². The quantitative estimate of drug-likeness (QED) is 0.792. The van der Waals surface area contributed by atoms with Gasteiger partial charge in [-0.25, -0.2) is 0 Å². The molecule has 2 saturated heterocycles. The Bertz CT molecular complexity index is 253. The SMILES string of the molecule is CN1CCC(N(C)C2(CN)CCN(C)CC2)CC1. The average molecular weight is 254 g/mol. The number of nitrogens with zero attached hydrogens (tertiary/aromatic N) is 3. The third-order valence-electron chi connectivity index (χ3n) is 5.28. The van der Waals surface area contributed by atoms with Crippen LogP contribution in [0, 0.1) is 0 Å². The van der Waals surface area contributed by atoms with Gasteiger partial charge in [0, 0.05) is 18.1 Å². The Morgan fingerprint density at radius 2 is 1.56 bits per heavy atom. The van der Waals surface area contributed by atoms with Crippen LogP contribution in [0.25, 0.3) is 0 Å². The fourth-order valence-corrected chi connectivity index (χ4v) is 3.51. The first-order chi connectivity index (χ1) is 8.57. The summed E-state index contributed by atoms with van der Waals surface area (Å²) in [7, 11) is 6.76. The molecular weight excluding hydrogens is 224 g/mol. The molecule has 0 radical (unpaired) electrons. The fourth-order valence-electron chi connectivity index (χ4n) is 3.51. The van der Waals surface area contributed by atoms with Gasteiger partial charge < -0.3 is 15.5 Å². The molecular formula is C14H30N4. The van der Waals surface area contributed by atoms with Crippen LogP contribution in [0.1, 0.15) is 25.7 Å². The summed E-state index contributed by atoms with van der Waals surface area (Å²) in [5, 5.41) is 0. The second-order valence-corrected chi connectivity index (χ2v) is 6.38. The summed E-state index contributed by atoms with van der Waals surface area (Å²) in [6.45, 7) is 5.65. The standard InChI is InChI=1S/C14H30N4/c1-16-8-4-13(5-9-16)18(3)14(12-15)6-10-17(2)11-7-14/h13H,4-12,15H2,1-3H3. The van der Waals surface area contributed by atoms with Crippen molar-refractivity contribution >= 4 is 0 Å². The Balaban J connectivity index is 1.98. The summed E-state index contributed by atoms with van der Waals surface area (Å²) < 4.78 is 0. The van der Waals surface area contributed by atoms with Gasteiger partial charge in [0.1, 0.15) is 0 Å². The zero-order valence-electron chi connectivity index (χ0n) is 12.4. The molecule has 0 amide bonds. The first kappa shape index (κ1) is 14.3. The molecule has 106 valence electrons. The van der Waals surface area contributed by atoms with Crippen LogP contribution < -0.4 is 5.73 Å². The molecule has 0 aromatic heterocycles. The average Bonchev–Trinajstić information content (AvgIpc) is 2.40. The normalized spacial score (nSPS) is 27.8. The number of likely N-dealkylation sites (tertiary alicyclic amines) is 2. The van der Waals surface area contributed by atoms with Gasteiger partial charge >= 0.3 is 0 Å². The van der Waals surface area contributed by atoms with Gasteiger partial charge in [-0.2, -0.15) is 0 Å². The van der Waals surface area contributed by atoms with E-state index in [0.717, 1.165) is 12.6 Å². The second kappa shape index (κ2) is 5.87. The highest BCUT2D eigenvalue weighted by Crippen LogP contribution is 2.30. The largest absolute Gasteiger partial charge is 0.329 e. The molecule has 0 aromatic rings. The molecule has 2 fully saturated rings. The molecule has 0 aliphatic carbocycles. The van der Waals surface area contributed by atoms with Crippen LogP contribution >= 0.6 is 0 Å². The Labute approximate surface area is 112 Å². The van der Waals surface area contributed by atoms with Crippen LogP contribution in [-0.2, 0) is 0 Å². The molecule has 2 heterocycles. The van der Waals surface area contributed by atoms with E-state index >= 15 is 0 Å². The van der Waals surface area contributed by atoms with Gasteiger partial charge in [0.05, 0.1) is 0 Å². The van der Waals surface area contributed by atoms with Crippen LogP contribution in [0.5, 0.6) is 0 Å². The Kier molecular flexibility index (Phi) is 4.64. The molecule has 4 nitrogen and oxygen atoms in total. The molecule has 2 rings (SSSR count). The second-order valence-electron chi connectivity index (χ2n) is 6.38. The summed E-state index contributed by atoms with van der Waals surface area (Å²) in [4.78, 5) is 7.50. The lowest BCUT2D eigenvalue weighted by molar-refractivity contribution is 0.00340. The summed E-state index contributed by atoms with van der Waals surface area (Å²) in [5.74, 6) is 0. The summed E-state index contributed by atoms with van der Waals surface area (Å²) in [6.07, 6.45) is 5.04. The zero-order valence-corrected chi connectivity index (χ0v) is 12.4. The molecule has 2 N–H and O–H groups in total. The third kappa shape index (κ3) is 2.87. The Morgan fingerprint density at radius 1 is 1.06 bits per heavy atom. The molecule has 2 aliphatic heterocycles. The van der Waals surface area contributed by atoms with E-state index in [9.17, 15) is 0 Å². The highest BCUT2D eigenvalue weighted by Gasteiger charge is 2.39. The van der Waals surface area contributed by atoms with E-state index in [4.69, 9.17) is 5.73 Å². The predicted molar refractivity (Wildman–Crippen MR) is 76.8 cm³/mol. The van der Waals surface area contributed by atoms with Crippen molar-refractivity contribution in [1.82, 2.24) is 14.7 Å². The van der Waals surface area contributed by atoms with E-state index in [2.05, 4.69) is 35.8 Å². The number of hydrogen-bond donors (Lipinski definition) is 1. The number of piperidine rings is 2. The highest BCUT2D eigenvalue weighted by molar-refractivity contribution is 4.97. The van der Waals surface area contributed by atoms with E-state index < -0.39 is 0 Å². The minimum absolute atomic E-state index is 0.257. The maximum atomic E-state index is 6.15. The van der Waals surface area contributed by atoms with Gasteiger partial charge in [-0.05, 0) is 73.0 Å². The number of hydrogen-bond acceptors (Lipinski definition) is 4. The monoisotopic (exact) mass is 254 g/mol. The summed E-state index contributed by atoms with van der Waals surface area (Å²) in [6, 6.07) is 0.730. The highest BCUT2D eigenvalue weighted by atomic mass is 15.3. The predicted octanol–water partition coefficient (Wildman–Crippen LogP) is 0.436. The van der Waals surface area contributed by atoms with Crippen LogP contribution in [0.2, 0.25) is 0 Å². The number of nitrogens with two attached hydrogens (primary N) is 1. The fraction of sp³-hybridized carbons (Fsp3) is 1.00. The van der Waals surface area contributed by atoms with Crippen LogP contribution in [0.15, 0.2) is 0 Å². The van der Waals surface area contributed by atoms with Gasteiger partial charge in [-0.3, -0.25) is 4.90 Å². The Hall–Kier alpha value is -0.160. The molecule has 0 unspecified atom stereocenters. The minimum Gasteiger partial charge on any atom is -0.329 e. The molecule has 0 saturated carbocycles. The Morgan fingerprint density at radius 3 is 2.06 bits per heavy atom. The topological polar surface area (TPSA) is 35.7 Å². The summed E-state index contributed by atoms with van der Waals surface area (Å²) in [5.41, 5.74) is 6.40. The lowest BCUT2D eigenvalue weighted by atomic mass is 9.84. The van der Waals surface area contributed by atoms with Crippen molar-refractivity contribution < 1.29 is 0 Å². The van der Waals surface area contributed by atoms with Crippen molar-refractivity contribution in [3.8, 4) is 0 Å². The van der Waals surface area contributed by atoms with E-state index in [-0.39, 0.29) is 5.54 Å². The van der Waals surface area contributed by atoms with Gasteiger partial charge in [-0.1, -0.05) is 0 Å². The first-order valence-corrected chi connectivity index (χ1v) is 7.37. The molecule has 0 aromatic carbocycles. The molecule has 18 heavy (non-hydrogen) atoms. The van der Waals surface area contributed by atoms with E-state index in [1.165, 1.54) is 51.9 Å². The van der Waals surface area contributed by atoms with E-state index in [1.54, 1.807) is 0 Å². The molecule has 4 heteroatoms. The van der Waals surface area contributed by atoms with Crippen molar-refractivity contribution in [2.75, 3.05) is 53.9 Å². The molecule has 0 spiro atoms.